The lowest BCUT2D eigenvalue weighted by molar-refractivity contribution is -0.120. The van der Waals surface area contributed by atoms with Crippen LogP contribution in [0.3, 0.4) is 0 Å². The highest BCUT2D eigenvalue weighted by atomic mass is 16.5. The van der Waals surface area contributed by atoms with Gasteiger partial charge in [0.25, 0.3) is 0 Å². The maximum atomic E-state index is 12.9. The van der Waals surface area contributed by atoms with Crippen molar-refractivity contribution in [2.45, 2.75) is 19.5 Å². The van der Waals surface area contributed by atoms with Crippen LogP contribution in [0, 0.1) is 12.8 Å². The van der Waals surface area contributed by atoms with Gasteiger partial charge in [-0.2, -0.15) is 11.1 Å². The molecule has 0 spiro atoms. The number of rotatable bonds is 6. The summed E-state index contributed by atoms with van der Waals surface area (Å²) in [5.41, 5.74) is 14.4. The summed E-state index contributed by atoms with van der Waals surface area (Å²) in [5.74, 6) is 0.334. The fraction of sp³-hybridized carbons (Fsp3) is 0.278. The number of carbonyl (C=O) groups is 1. The van der Waals surface area contributed by atoms with E-state index < -0.39 is 0 Å². The fourth-order valence-corrected chi connectivity index (χ4v) is 2.89. The van der Waals surface area contributed by atoms with Crippen LogP contribution in [-0.4, -0.2) is 19.2 Å². The molecule has 2 aromatic carbocycles. The molecule has 7 heteroatoms. The van der Waals surface area contributed by atoms with Crippen LogP contribution in [0.4, 0.5) is 5.69 Å². The van der Waals surface area contributed by atoms with Gasteiger partial charge in [0.05, 0.1) is 19.2 Å². The number of methoxy groups -OCH3 is 1. The number of hydrogen-bond acceptors (Lipinski definition) is 6. The molecule has 1 saturated heterocycles. The van der Waals surface area contributed by atoms with E-state index in [1.54, 1.807) is 7.11 Å². The van der Waals surface area contributed by atoms with Crippen molar-refractivity contribution in [3.63, 3.8) is 0 Å². The Morgan fingerprint density at radius 3 is 2.64 bits per heavy atom. The second-order valence-electron chi connectivity index (χ2n) is 6.00. The van der Waals surface area contributed by atoms with E-state index in [1.165, 1.54) is 0 Å². The molecule has 1 amide bonds. The molecule has 1 aliphatic rings. The average Bonchev–Trinajstić information content (AvgIpc) is 3.14. The Labute approximate surface area is 147 Å². The van der Waals surface area contributed by atoms with Gasteiger partial charge in [0.2, 0.25) is 5.91 Å². The minimum absolute atomic E-state index is 0.0768. The number of para-hydroxylation sites is 1. The molecular formula is C18H23N5O2. The van der Waals surface area contributed by atoms with Gasteiger partial charge in [-0.15, -0.1) is 0 Å². The summed E-state index contributed by atoms with van der Waals surface area (Å²) in [6.45, 7) is 2.00. The van der Waals surface area contributed by atoms with Crippen molar-refractivity contribution in [1.29, 1.82) is 0 Å². The number of carbonyl (C=O) groups excluding carboxylic acids is 1. The van der Waals surface area contributed by atoms with Crippen molar-refractivity contribution < 1.29 is 9.53 Å². The van der Waals surface area contributed by atoms with Crippen LogP contribution < -0.4 is 32.0 Å². The first-order chi connectivity index (χ1) is 12.2. The van der Waals surface area contributed by atoms with Gasteiger partial charge in [0.15, 0.2) is 0 Å². The highest BCUT2D eigenvalue weighted by Crippen LogP contribution is 2.23. The summed E-state index contributed by atoms with van der Waals surface area (Å²) in [6.07, 6.45) is 0.255. The molecule has 0 saturated carbocycles. The normalized spacial score (nSPS) is 15.8. The maximum Gasteiger partial charge on any atom is 0.230 e. The van der Waals surface area contributed by atoms with Crippen molar-refractivity contribution in [2.75, 3.05) is 12.4 Å². The monoisotopic (exact) mass is 341 g/mol. The Bertz CT molecular complexity index is 731. The van der Waals surface area contributed by atoms with Gasteiger partial charge in [-0.1, -0.05) is 30.3 Å². The molecule has 132 valence electrons. The van der Waals surface area contributed by atoms with Crippen LogP contribution in [0.15, 0.2) is 48.5 Å². The second-order valence-corrected chi connectivity index (χ2v) is 6.00. The third kappa shape index (κ3) is 4.34. The molecule has 3 rings (SSSR count). The highest BCUT2D eigenvalue weighted by Gasteiger charge is 2.31. The van der Waals surface area contributed by atoms with Gasteiger partial charge in [0, 0.05) is 5.69 Å². The third-order valence-corrected chi connectivity index (χ3v) is 4.17. The predicted octanol–water partition coefficient (Wildman–Crippen LogP) is 1.24. The molecule has 5 N–H and O–H groups in total. The van der Waals surface area contributed by atoms with Gasteiger partial charge in [-0.25, -0.2) is 10.9 Å². The number of hydrazine groups is 3. The zero-order chi connectivity index (χ0) is 17.6. The third-order valence-electron chi connectivity index (χ3n) is 4.17. The molecule has 7 nitrogen and oxygen atoms in total. The van der Waals surface area contributed by atoms with Crippen molar-refractivity contribution in [3.8, 4) is 5.75 Å². The number of aryl methyl sites for hydroxylation is 1. The summed E-state index contributed by atoms with van der Waals surface area (Å²) in [6, 6.07) is 15.5. The van der Waals surface area contributed by atoms with Crippen LogP contribution in [0.25, 0.3) is 0 Å². The number of amides is 1. The quantitative estimate of drug-likeness (QED) is 0.544. The van der Waals surface area contributed by atoms with Gasteiger partial charge in [-0.3, -0.25) is 4.79 Å². The minimum atomic E-state index is -0.362. The SMILES string of the molecule is COc1ccccc1CC(C(=O)Nc1cccc(C)c1)C1NNNN1. The van der Waals surface area contributed by atoms with E-state index in [2.05, 4.69) is 27.2 Å². The lowest BCUT2D eigenvalue weighted by Gasteiger charge is -2.23. The van der Waals surface area contributed by atoms with Crippen LogP contribution >= 0.6 is 0 Å². The zero-order valence-corrected chi connectivity index (χ0v) is 14.3. The summed E-state index contributed by atoms with van der Waals surface area (Å²) >= 11 is 0. The van der Waals surface area contributed by atoms with Crippen molar-refractivity contribution in [1.82, 2.24) is 21.9 Å². The smallest absolute Gasteiger partial charge is 0.230 e. The predicted molar refractivity (Wildman–Crippen MR) is 96.3 cm³/mol. The Kier molecular flexibility index (Phi) is 5.62. The minimum Gasteiger partial charge on any atom is -0.496 e. The van der Waals surface area contributed by atoms with Crippen LogP contribution in [0.2, 0.25) is 0 Å². The standard InChI is InChI=1S/C18H23N5O2/c1-12-6-5-8-14(10-12)19-18(24)15(17-20-22-23-21-17)11-13-7-3-4-9-16(13)25-2/h3-10,15,17,20-23H,11H2,1-2H3,(H,19,24). The molecule has 25 heavy (non-hydrogen) atoms. The first-order valence-electron chi connectivity index (χ1n) is 8.18. The first kappa shape index (κ1) is 17.4. The highest BCUT2D eigenvalue weighted by molar-refractivity contribution is 5.93. The molecule has 0 bridgehead atoms. The van der Waals surface area contributed by atoms with Crippen LogP contribution in [0.1, 0.15) is 11.1 Å². The molecule has 1 atom stereocenters. The molecule has 1 heterocycles. The Morgan fingerprint density at radius 1 is 1.16 bits per heavy atom. The number of anilines is 1. The summed E-state index contributed by atoms with van der Waals surface area (Å²) in [4.78, 5) is 12.9. The molecule has 0 aromatic heterocycles. The van der Waals surface area contributed by atoms with Gasteiger partial charge in [0.1, 0.15) is 5.75 Å². The number of benzene rings is 2. The Hall–Kier alpha value is -2.45. The van der Waals surface area contributed by atoms with E-state index in [1.807, 2.05) is 55.5 Å². The lowest BCUT2D eigenvalue weighted by atomic mass is 9.95. The first-order valence-corrected chi connectivity index (χ1v) is 8.18. The van der Waals surface area contributed by atoms with Crippen molar-refractivity contribution in [2.24, 2.45) is 5.92 Å². The Balaban J connectivity index is 1.80. The largest absolute Gasteiger partial charge is 0.496 e. The van der Waals surface area contributed by atoms with E-state index in [4.69, 9.17) is 4.74 Å². The Morgan fingerprint density at radius 2 is 1.92 bits per heavy atom. The van der Waals surface area contributed by atoms with Crippen molar-refractivity contribution in [3.05, 3.63) is 59.7 Å². The summed E-state index contributed by atoms with van der Waals surface area (Å²) in [5, 5.41) is 3.00. The van der Waals surface area contributed by atoms with Crippen LogP contribution in [-0.2, 0) is 11.2 Å². The van der Waals surface area contributed by atoms with Crippen molar-refractivity contribution >= 4 is 11.6 Å². The van der Waals surface area contributed by atoms with E-state index in [0.717, 1.165) is 22.6 Å². The molecule has 1 fully saturated rings. The average molecular weight is 341 g/mol. The second kappa shape index (κ2) is 8.09. The number of nitrogens with one attached hydrogen (secondary N) is 5. The van der Waals surface area contributed by atoms with E-state index in [0.29, 0.717) is 6.42 Å². The van der Waals surface area contributed by atoms with Crippen LogP contribution in [0.5, 0.6) is 5.75 Å². The zero-order valence-electron chi connectivity index (χ0n) is 14.3. The molecule has 1 aliphatic heterocycles. The lowest BCUT2D eigenvalue weighted by Crippen LogP contribution is -2.47. The molecule has 0 aliphatic carbocycles. The number of hydrogen-bond donors (Lipinski definition) is 5. The van der Waals surface area contributed by atoms with E-state index in [9.17, 15) is 4.79 Å². The number of ether oxygens (including phenoxy) is 1. The van der Waals surface area contributed by atoms with E-state index in [-0.39, 0.29) is 18.0 Å². The molecule has 0 radical (unpaired) electrons. The summed E-state index contributed by atoms with van der Waals surface area (Å²) in [7, 11) is 1.63. The molecule has 1 unspecified atom stereocenters. The topological polar surface area (TPSA) is 86.5 Å². The summed E-state index contributed by atoms with van der Waals surface area (Å²) < 4.78 is 5.42. The fourth-order valence-electron chi connectivity index (χ4n) is 2.89. The van der Waals surface area contributed by atoms with Gasteiger partial charge in [-0.05, 0) is 42.7 Å². The maximum absolute atomic E-state index is 12.9. The van der Waals surface area contributed by atoms with Gasteiger partial charge < -0.3 is 10.1 Å². The van der Waals surface area contributed by atoms with Gasteiger partial charge >= 0.3 is 0 Å². The molecular weight excluding hydrogens is 318 g/mol. The van der Waals surface area contributed by atoms with E-state index >= 15 is 0 Å². The molecule has 2 aromatic rings.